The molecule has 1 fully saturated rings. The first-order valence-corrected chi connectivity index (χ1v) is 6.47. The Labute approximate surface area is 108 Å². The van der Waals surface area contributed by atoms with Crippen LogP contribution in [0.25, 0.3) is 0 Å². The van der Waals surface area contributed by atoms with Crippen molar-refractivity contribution in [1.82, 2.24) is 5.32 Å². The number of carbonyl (C=O) groups excluding carboxylic acids is 1. The van der Waals surface area contributed by atoms with Gasteiger partial charge in [0, 0.05) is 19.2 Å². The van der Waals surface area contributed by atoms with Gasteiger partial charge in [0.2, 0.25) is 0 Å². The molecule has 98 valence electrons. The van der Waals surface area contributed by atoms with Gasteiger partial charge < -0.3 is 16.4 Å². The van der Waals surface area contributed by atoms with Crippen LogP contribution in [0.2, 0.25) is 0 Å². The zero-order chi connectivity index (χ0) is 13.1. The first-order valence-electron chi connectivity index (χ1n) is 6.47. The average molecular weight is 247 g/mol. The third kappa shape index (κ3) is 2.94. The van der Waals surface area contributed by atoms with Crippen LogP contribution in [-0.4, -0.2) is 19.5 Å². The third-order valence-electron chi connectivity index (χ3n) is 3.58. The molecule has 0 bridgehead atoms. The molecule has 1 aliphatic rings. The molecule has 1 aromatic rings. The maximum absolute atomic E-state index is 11.6. The molecule has 1 unspecified atom stereocenters. The second kappa shape index (κ2) is 5.29. The molecular formula is C14H21N3O. The summed E-state index contributed by atoms with van der Waals surface area (Å²) in [6, 6.07) is 5.33. The minimum Gasteiger partial charge on any atom is -0.397 e. The van der Waals surface area contributed by atoms with E-state index in [9.17, 15) is 4.79 Å². The van der Waals surface area contributed by atoms with E-state index < -0.39 is 0 Å². The lowest BCUT2D eigenvalue weighted by molar-refractivity contribution is 0.0963. The summed E-state index contributed by atoms with van der Waals surface area (Å²) in [7, 11) is 1.63. The van der Waals surface area contributed by atoms with Gasteiger partial charge in [-0.15, -0.1) is 0 Å². The Morgan fingerprint density at radius 2 is 2.22 bits per heavy atom. The standard InChI is InChI=1S/C14H21N3O/c1-9(10-3-4-10)8-17-13-7-11(14(18)16-2)5-6-12(13)15/h5-7,9-10,17H,3-4,8,15H2,1-2H3,(H,16,18). The Kier molecular flexibility index (Phi) is 3.75. The van der Waals surface area contributed by atoms with E-state index in [4.69, 9.17) is 5.73 Å². The third-order valence-corrected chi connectivity index (χ3v) is 3.58. The lowest BCUT2D eigenvalue weighted by Gasteiger charge is -2.15. The number of nitrogen functional groups attached to an aromatic ring is 1. The first kappa shape index (κ1) is 12.7. The zero-order valence-electron chi connectivity index (χ0n) is 11.0. The summed E-state index contributed by atoms with van der Waals surface area (Å²) >= 11 is 0. The molecule has 18 heavy (non-hydrogen) atoms. The average Bonchev–Trinajstić information content (AvgIpc) is 3.20. The minimum atomic E-state index is -0.0895. The van der Waals surface area contributed by atoms with E-state index in [2.05, 4.69) is 17.6 Å². The summed E-state index contributed by atoms with van der Waals surface area (Å²) in [6.07, 6.45) is 2.69. The van der Waals surface area contributed by atoms with Gasteiger partial charge in [0.05, 0.1) is 11.4 Å². The van der Waals surface area contributed by atoms with Gasteiger partial charge in [-0.05, 0) is 42.9 Å². The number of nitrogens with one attached hydrogen (secondary N) is 2. The lowest BCUT2D eigenvalue weighted by Crippen LogP contribution is -2.19. The molecule has 2 rings (SSSR count). The maximum Gasteiger partial charge on any atom is 0.251 e. The number of carbonyl (C=O) groups is 1. The Morgan fingerprint density at radius 1 is 1.50 bits per heavy atom. The summed E-state index contributed by atoms with van der Waals surface area (Å²) in [5.74, 6) is 1.43. The van der Waals surface area contributed by atoms with Crippen molar-refractivity contribution < 1.29 is 4.79 Å². The molecule has 4 N–H and O–H groups in total. The van der Waals surface area contributed by atoms with Crippen LogP contribution in [-0.2, 0) is 0 Å². The van der Waals surface area contributed by atoms with Gasteiger partial charge in [0.15, 0.2) is 0 Å². The molecule has 0 spiro atoms. The van der Waals surface area contributed by atoms with E-state index in [0.717, 1.165) is 18.2 Å². The highest BCUT2D eigenvalue weighted by Crippen LogP contribution is 2.36. The number of amides is 1. The number of hydrogen-bond donors (Lipinski definition) is 3. The summed E-state index contributed by atoms with van der Waals surface area (Å²) in [5.41, 5.74) is 8.08. The van der Waals surface area contributed by atoms with Crippen molar-refractivity contribution in [1.29, 1.82) is 0 Å². The topological polar surface area (TPSA) is 67.2 Å². The van der Waals surface area contributed by atoms with Gasteiger partial charge in [-0.3, -0.25) is 4.79 Å². The molecule has 0 saturated heterocycles. The fraction of sp³-hybridized carbons (Fsp3) is 0.500. The molecule has 0 heterocycles. The Balaban J connectivity index is 2.03. The monoisotopic (exact) mass is 247 g/mol. The Bertz CT molecular complexity index is 441. The Morgan fingerprint density at radius 3 is 2.83 bits per heavy atom. The smallest absolute Gasteiger partial charge is 0.251 e. The van der Waals surface area contributed by atoms with Gasteiger partial charge in [-0.2, -0.15) is 0 Å². The fourth-order valence-corrected chi connectivity index (χ4v) is 2.10. The summed E-state index contributed by atoms with van der Waals surface area (Å²) in [4.78, 5) is 11.6. The number of rotatable bonds is 5. The predicted octanol–water partition coefficient (Wildman–Crippen LogP) is 2.09. The van der Waals surface area contributed by atoms with Crippen LogP contribution >= 0.6 is 0 Å². The molecule has 1 atom stereocenters. The van der Waals surface area contributed by atoms with Crippen LogP contribution in [0.5, 0.6) is 0 Å². The van der Waals surface area contributed by atoms with Crippen molar-refractivity contribution in [2.75, 3.05) is 24.6 Å². The van der Waals surface area contributed by atoms with Crippen LogP contribution in [0.4, 0.5) is 11.4 Å². The van der Waals surface area contributed by atoms with Gasteiger partial charge in [0.25, 0.3) is 5.91 Å². The van der Waals surface area contributed by atoms with E-state index in [1.165, 1.54) is 12.8 Å². The highest BCUT2D eigenvalue weighted by Gasteiger charge is 2.27. The van der Waals surface area contributed by atoms with E-state index in [0.29, 0.717) is 17.2 Å². The predicted molar refractivity (Wildman–Crippen MR) is 74.6 cm³/mol. The quantitative estimate of drug-likeness (QED) is 0.698. The van der Waals surface area contributed by atoms with Crippen LogP contribution in [0.1, 0.15) is 30.1 Å². The number of nitrogens with two attached hydrogens (primary N) is 1. The molecule has 4 nitrogen and oxygen atoms in total. The highest BCUT2D eigenvalue weighted by atomic mass is 16.1. The number of benzene rings is 1. The second-order valence-electron chi connectivity index (χ2n) is 5.08. The lowest BCUT2D eigenvalue weighted by atomic mass is 10.1. The Hall–Kier alpha value is -1.71. The highest BCUT2D eigenvalue weighted by molar-refractivity contribution is 5.96. The molecular weight excluding hydrogens is 226 g/mol. The van der Waals surface area contributed by atoms with Crippen molar-refractivity contribution in [2.45, 2.75) is 19.8 Å². The van der Waals surface area contributed by atoms with E-state index in [1.807, 2.05) is 6.07 Å². The summed E-state index contributed by atoms with van der Waals surface area (Å²) in [5, 5.41) is 5.96. The number of hydrogen-bond acceptors (Lipinski definition) is 3. The van der Waals surface area contributed by atoms with Crippen molar-refractivity contribution in [3.05, 3.63) is 23.8 Å². The largest absolute Gasteiger partial charge is 0.397 e. The fourth-order valence-electron chi connectivity index (χ4n) is 2.10. The zero-order valence-corrected chi connectivity index (χ0v) is 11.0. The maximum atomic E-state index is 11.6. The van der Waals surface area contributed by atoms with Gasteiger partial charge in [-0.25, -0.2) is 0 Å². The minimum absolute atomic E-state index is 0.0895. The van der Waals surface area contributed by atoms with Crippen molar-refractivity contribution in [3.8, 4) is 0 Å². The summed E-state index contributed by atoms with van der Waals surface area (Å²) in [6.45, 7) is 3.16. The van der Waals surface area contributed by atoms with E-state index in [1.54, 1.807) is 19.2 Å². The molecule has 1 amide bonds. The molecule has 1 aromatic carbocycles. The van der Waals surface area contributed by atoms with E-state index >= 15 is 0 Å². The van der Waals surface area contributed by atoms with Crippen LogP contribution in [0.15, 0.2) is 18.2 Å². The van der Waals surface area contributed by atoms with Crippen LogP contribution in [0.3, 0.4) is 0 Å². The molecule has 0 aromatic heterocycles. The molecule has 0 aliphatic heterocycles. The van der Waals surface area contributed by atoms with Crippen molar-refractivity contribution in [2.24, 2.45) is 11.8 Å². The van der Waals surface area contributed by atoms with Gasteiger partial charge >= 0.3 is 0 Å². The van der Waals surface area contributed by atoms with E-state index in [-0.39, 0.29) is 5.91 Å². The normalized spacial score (nSPS) is 16.1. The molecule has 4 heteroatoms. The summed E-state index contributed by atoms with van der Waals surface area (Å²) < 4.78 is 0. The molecule has 0 radical (unpaired) electrons. The first-order chi connectivity index (χ1) is 8.61. The van der Waals surface area contributed by atoms with Crippen molar-refractivity contribution >= 4 is 17.3 Å². The van der Waals surface area contributed by atoms with Crippen LogP contribution < -0.4 is 16.4 Å². The van der Waals surface area contributed by atoms with Gasteiger partial charge in [0.1, 0.15) is 0 Å². The molecule has 1 aliphatic carbocycles. The number of anilines is 2. The van der Waals surface area contributed by atoms with Crippen LogP contribution in [0, 0.1) is 11.8 Å². The van der Waals surface area contributed by atoms with Gasteiger partial charge in [-0.1, -0.05) is 6.92 Å². The SMILES string of the molecule is CNC(=O)c1ccc(N)c(NCC(C)C2CC2)c1. The second-order valence-corrected chi connectivity index (χ2v) is 5.08. The van der Waals surface area contributed by atoms with Crippen molar-refractivity contribution in [3.63, 3.8) is 0 Å². The molecule has 1 saturated carbocycles.